The van der Waals surface area contributed by atoms with Crippen LogP contribution in [0.5, 0.6) is 0 Å². The summed E-state index contributed by atoms with van der Waals surface area (Å²) in [5, 5.41) is 4.40. The fraction of sp³-hybridized carbons (Fsp3) is 0.400. The van der Waals surface area contributed by atoms with Gasteiger partial charge in [0.25, 0.3) is 0 Å². The number of rotatable bonds is 2. The molecule has 2 nitrogen and oxygen atoms in total. The van der Waals surface area contributed by atoms with E-state index in [9.17, 15) is 4.39 Å². The lowest BCUT2D eigenvalue weighted by Gasteiger charge is -2.16. The third kappa shape index (κ3) is 2.61. The molecular weight excluding hydrogens is 227 g/mol. The van der Waals surface area contributed by atoms with E-state index in [0.29, 0.717) is 0 Å². The molecule has 0 aliphatic rings. The van der Waals surface area contributed by atoms with Gasteiger partial charge in [0.1, 0.15) is 5.82 Å². The van der Waals surface area contributed by atoms with Gasteiger partial charge in [-0.05, 0) is 35.6 Å². The minimum Gasteiger partial charge on any atom is -0.265 e. The summed E-state index contributed by atoms with van der Waals surface area (Å²) in [6.07, 6.45) is 3.97. The molecule has 1 heterocycles. The lowest BCUT2D eigenvalue weighted by Crippen LogP contribution is -2.11. The van der Waals surface area contributed by atoms with Crippen LogP contribution in [0.25, 0.3) is 0 Å². The quantitative estimate of drug-likeness (QED) is 0.785. The first kappa shape index (κ1) is 12.8. The summed E-state index contributed by atoms with van der Waals surface area (Å²) in [6, 6.07) is 6.69. The molecule has 1 unspecified atom stereocenters. The number of hydrogen-bond donors (Lipinski definition) is 0. The summed E-state index contributed by atoms with van der Waals surface area (Å²) < 4.78 is 14.8. The van der Waals surface area contributed by atoms with Crippen LogP contribution in [0.3, 0.4) is 0 Å². The van der Waals surface area contributed by atoms with Gasteiger partial charge in [-0.1, -0.05) is 32.9 Å². The van der Waals surface area contributed by atoms with Gasteiger partial charge in [-0.2, -0.15) is 5.10 Å². The molecule has 1 aromatic carbocycles. The van der Waals surface area contributed by atoms with Crippen LogP contribution < -0.4 is 0 Å². The molecular formula is C15H19FN2. The van der Waals surface area contributed by atoms with Crippen LogP contribution in [0, 0.1) is 5.82 Å². The van der Waals surface area contributed by atoms with E-state index in [1.165, 1.54) is 17.7 Å². The van der Waals surface area contributed by atoms with Gasteiger partial charge in [0.05, 0.1) is 12.2 Å². The second-order valence-electron chi connectivity index (χ2n) is 5.69. The third-order valence-corrected chi connectivity index (χ3v) is 3.22. The van der Waals surface area contributed by atoms with Crippen molar-refractivity contribution >= 4 is 0 Å². The van der Waals surface area contributed by atoms with E-state index < -0.39 is 0 Å². The standard InChI is InChI=1S/C15H19FN2/c1-11(12-5-7-14(16)8-6-12)18-10-13(9-17-18)15(2,3)4/h5-11H,1-4H3. The maximum atomic E-state index is 12.9. The smallest absolute Gasteiger partial charge is 0.123 e. The van der Waals surface area contributed by atoms with Crippen molar-refractivity contribution in [2.75, 3.05) is 0 Å². The molecule has 0 amide bonds. The van der Waals surface area contributed by atoms with Gasteiger partial charge in [-0.25, -0.2) is 4.39 Å². The molecule has 2 rings (SSSR count). The van der Waals surface area contributed by atoms with Gasteiger partial charge in [0.15, 0.2) is 0 Å². The molecule has 1 aromatic heterocycles. The van der Waals surface area contributed by atoms with Crippen LogP contribution >= 0.6 is 0 Å². The van der Waals surface area contributed by atoms with Gasteiger partial charge < -0.3 is 0 Å². The molecule has 0 N–H and O–H groups in total. The second-order valence-corrected chi connectivity index (χ2v) is 5.69. The number of halogens is 1. The Labute approximate surface area is 107 Å². The maximum absolute atomic E-state index is 12.9. The van der Waals surface area contributed by atoms with E-state index in [1.54, 1.807) is 12.1 Å². The van der Waals surface area contributed by atoms with Crippen molar-refractivity contribution < 1.29 is 4.39 Å². The lowest BCUT2D eigenvalue weighted by molar-refractivity contribution is 0.554. The number of benzene rings is 1. The molecule has 18 heavy (non-hydrogen) atoms. The minimum absolute atomic E-state index is 0.0980. The molecule has 1 atom stereocenters. The summed E-state index contributed by atoms with van der Waals surface area (Å²) in [7, 11) is 0. The second kappa shape index (κ2) is 4.56. The van der Waals surface area contributed by atoms with Crippen LogP contribution in [0.15, 0.2) is 36.7 Å². The Hall–Kier alpha value is -1.64. The van der Waals surface area contributed by atoms with Gasteiger partial charge in [0.2, 0.25) is 0 Å². The Morgan fingerprint density at radius 1 is 1.17 bits per heavy atom. The van der Waals surface area contributed by atoms with E-state index >= 15 is 0 Å². The van der Waals surface area contributed by atoms with E-state index in [2.05, 4.69) is 39.0 Å². The minimum atomic E-state index is -0.207. The van der Waals surface area contributed by atoms with Crippen molar-refractivity contribution in [3.05, 3.63) is 53.6 Å². The number of nitrogens with zero attached hydrogens (tertiary/aromatic N) is 2. The molecule has 0 saturated heterocycles. The predicted molar refractivity (Wildman–Crippen MR) is 71.1 cm³/mol. The zero-order valence-electron chi connectivity index (χ0n) is 11.3. The highest BCUT2D eigenvalue weighted by molar-refractivity contribution is 5.22. The third-order valence-electron chi connectivity index (χ3n) is 3.22. The molecule has 0 spiro atoms. The summed E-state index contributed by atoms with van der Waals surface area (Å²) in [6.45, 7) is 8.55. The van der Waals surface area contributed by atoms with E-state index in [4.69, 9.17) is 0 Å². The SMILES string of the molecule is CC(c1ccc(F)cc1)n1cc(C(C)(C)C)cn1. The Balaban J connectivity index is 2.26. The maximum Gasteiger partial charge on any atom is 0.123 e. The monoisotopic (exact) mass is 246 g/mol. The Kier molecular flexibility index (Phi) is 3.24. The molecule has 0 saturated carbocycles. The summed E-state index contributed by atoms with van der Waals surface area (Å²) >= 11 is 0. The predicted octanol–water partition coefficient (Wildman–Crippen LogP) is 3.93. The highest BCUT2D eigenvalue weighted by atomic mass is 19.1. The number of hydrogen-bond acceptors (Lipinski definition) is 1. The summed E-state index contributed by atoms with van der Waals surface area (Å²) in [5.74, 6) is -0.207. The molecule has 3 heteroatoms. The van der Waals surface area contributed by atoms with Crippen molar-refractivity contribution in [3.8, 4) is 0 Å². The van der Waals surface area contributed by atoms with Gasteiger partial charge in [0, 0.05) is 6.20 Å². The van der Waals surface area contributed by atoms with Gasteiger partial charge in [-0.15, -0.1) is 0 Å². The topological polar surface area (TPSA) is 17.8 Å². The Morgan fingerprint density at radius 3 is 2.28 bits per heavy atom. The first-order valence-corrected chi connectivity index (χ1v) is 6.18. The van der Waals surface area contributed by atoms with E-state index in [-0.39, 0.29) is 17.3 Å². The van der Waals surface area contributed by atoms with Crippen LogP contribution in [0.4, 0.5) is 4.39 Å². The highest BCUT2D eigenvalue weighted by Crippen LogP contribution is 2.24. The van der Waals surface area contributed by atoms with Crippen molar-refractivity contribution in [3.63, 3.8) is 0 Å². The Bertz CT molecular complexity index is 520. The largest absolute Gasteiger partial charge is 0.265 e. The fourth-order valence-electron chi connectivity index (χ4n) is 1.83. The zero-order chi connectivity index (χ0) is 13.3. The summed E-state index contributed by atoms with van der Waals surface area (Å²) in [4.78, 5) is 0. The highest BCUT2D eigenvalue weighted by Gasteiger charge is 2.17. The van der Waals surface area contributed by atoms with Crippen LogP contribution in [0.1, 0.15) is 44.9 Å². The van der Waals surface area contributed by atoms with Crippen molar-refractivity contribution in [1.29, 1.82) is 0 Å². The first-order chi connectivity index (χ1) is 8.38. The average Bonchev–Trinajstić information content (AvgIpc) is 2.78. The molecule has 0 radical (unpaired) electrons. The molecule has 96 valence electrons. The van der Waals surface area contributed by atoms with Crippen LogP contribution in [-0.2, 0) is 5.41 Å². The molecule has 0 bridgehead atoms. The van der Waals surface area contributed by atoms with Crippen molar-refractivity contribution in [1.82, 2.24) is 9.78 Å². The van der Waals surface area contributed by atoms with Crippen LogP contribution in [-0.4, -0.2) is 9.78 Å². The van der Waals surface area contributed by atoms with Gasteiger partial charge >= 0.3 is 0 Å². The number of aromatic nitrogens is 2. The van der Waals surface area contributed by atoms with E-state index in [1.807, 2.05) is 10.9 Å². The first-order valence-electron chi connectivity index (χ1n) is 6.18. The zero-order valence-corrected chi connectivity index (χ0v) is 11.3. The fourth-order valence-corrected chi connectivity index (χ4v) is 1.83. The molecule has 0 fully saturated rings. The van der Waals surface area contributed by atoms with Crippen LogP contribution in [0.2, 0.25) is 0 Å². The van der Waals surface area contributed by atoms with E-state index in [0.717, 1.165) is 5.56 Å². The average molecular weight is 246 g/mol. The van der Waals surface area contributed by atoms with Gasteiger partial charge in [-0.3, -0.25) is 4.68 Å². The summed E-state index contributed by atoms with van der Waals surface area (Å²) in [5.41, 5.74) is 2.36. The van der Waals surface area contributed by atoms with Crippen molar-refractivity contribution in [2.24, 2.45) is 0 Å². The normalized spacial score (nSPS) is 13.6. The van der Waals surface area contributed by atoms with Crippen molar-refractivity contribution in [2.45, 2.75) is 39.2 Å². The molecule has 0 aliphatic heterocycles. The lowest BCUT2D eigenvalue weighted by atomic mass is 9.90. The Morgan fingerprint density at radius 2 is 1.78 bits per heavy atom. The molecule has 2 aromatic rings. The molecule has 0 aliphatic carbocycles.